The third-order valence-corrected chi connectivity index (χ3v) is 4.36. The fourth-order valence-electron chi connectivity index (χ4n) is 3.05. The second-order valence-electron chi connectivity index (χ2n) is 6.54. The van der Waals surface area contributed by atoms with Crippen LogP contribution < -0.4 is 5.32 Å². The number of guanidine groups is 1. The molecule has 1 aliphatic rings. The van der Waals surface area contributed by atoms with Gasteiger partial charge in [0.05, 0.1) is 13.0 Å². The molecule has 0 bridgehead atoms. The molecule has 1 fully saturated rings. The lowest BCUT2D eigenvalue weighted by Crippen LogP contribution is -2.41. The Morgan fingerprint density at radius 2 is 2.29 bits per heavy atom. The summed E-state index contributed by atoms with van der Waals surface area (Å²) in [4.78, 5) is 18.8. The third kappa shape index (κ3) is 4.72. The highest BCUT2D eigenvalue weighted by Crippen LogP contribution is 2.24. The van der Waals surface area contributed by atoms with Crippen molar-refractivity contribution in [2.45, 2.75) is 27.3 Å². The lowest BCUT2D eigenvalue weighted by atomic mass is 9.99. The summed E-state index contributed by atoms with van der Waals surface area (Å²) in [6.45, 7) is 10.2. The van der Waals surface area contributed by atoms with E-state index in [0.717, 1.165) is 32.1 Å². The van der Waals surface area contributed by atoms with E-state index in [-0.39, 0.29) is 17.8 Å². The zero-order valence-electron chi connectivity index (χ0n) is 15.1. The number of nitrogens with zero attached hydrogens (tertiary/aromatic N) is 4. The first kappa shape index (κ1) is 18.3. The molecule has 24 heavy (non-hydrogen) atoms. The van der Waals surface area contributed by atoms with E-state index in [9.17, 15) is 4.79 Å². The molecule has 7 heteroatoms. The van der Waals surface area contributed by atoms with E-state index in [2.05, 4.69) is 36.1 Å². The van der Waals surface area contributed by atoms with Gasteiger partial charge in [0, 0.05) is 45.1 Å². The zero-order chi connectivity index (χ0) is 17.5. The van der Waals surface area contributed by atoms with Gasteiger partial charge >= 0.3 is 5.97 Å². The molecule has 2 heterocycles. The van der Waals surface area contributed by atoms with Crippen molar-refractivity contribution in [3.8, 4) is 0 Å². The van der Waals surface area contributed by atoms with E-state index in [0.29, 0.717) is 12.5 Å². The first-order valence-electron chi connectivity index (χ1n) is 8.63. The summed E-state index contributed by atoms with van der Waals surface area (Å²) in [5.41, 5.74) is 0. The fraction of sp³-hybridized carbons (Fsp3) is 0.706. The molecular weight excluding hydrogens is 306 g/mol. The Kier molecular flexibility index (Phi) is 6.63. The van der Waals surface area contributed by atoms with Crippen LogP contribution >= 0.6 is 0 Å². The highest BCUT2D eigenvalue weighted by molar-refractivity contribution is 5.82. The molecule has 0 saturated carbocycles. The summed E-state index contributed by atoms with van der Waals surface area (Å²) in [7, 11) is 1.45. The van der Waals surface area contributed by atoms with Crippen LogP contribution in [0, 0.1) is 17.8 Å². The maximum atomic E-state index is 11.9. The number of likely N-dealkylation sites (tertiary alicyclic amines) is 1. The quantitative estimate of drug-likeness (QED) is 0.481. The minimum absolute atomic E-state index is 0.0830. The van der Waals surface area contributed by atoms with Gasteiger partial charge in [-0.1, -0.05) is 13.8 Å². The summed E-state index contributed by atoms with van der Waals surface area (Å²) in [5, 5.41) is 7.57. The average molecular weight is 335 g/mol. The molecular formula is C17H29N5O2. The molecule has 1 aromatic rings. The van der Waals surface area contributed by atoms with Gasteiger partial charge in [-0.15, -0.1) is 0 Å². The molecule has 1 aliphatic heterocycles. The highest BCUT2D eigenvalue weighted by atomic mass is 16.5. The van der Waals surface area contributed by atoms with E-state index in [1.807, 2.05) is 16.9 Å². The third-order valence-electron chi connectivity index (χ3n) is 4.36. The molecule has 1 N–H and O–H groups in total. The van der Waals surface area contributed by atoms with Crippen molar-refractivity contribution in [3.05, 3.63) is 18.5 Å². The Bertz CT molecular complexity index is 543. The Balaban J connectivity index is 1.96. The van der Waals surface area contributed by atoms with Gasteiger partial charge in [0.25, 0.3) is 0 Å². The first-order valence-corrected chi connectivity index (χ1v) is 8.63. The lowest BCUT2D eigenvalue weighted by Gasteiger charge is -2.22. The number of aromatic nitrogens is 2. The molecule has 0 aromatic carbocycles. The van der Waals surface area contributed by atoms with Gasteiger partial charge in [-0.05, 0) is 24.8 Å². The van der Waals surface area contributed by atoms with Crippen molar-refractivity contribution < 1.29 is 9.53 Å². The summed E-state index contributed by atoms with van der Waals surface area (Å²) < 4.78 is 6.84. The van der Waals surface area contributed by atoms with Crippen molar-refractivity contribution in [1.29, 1.82) is 0 Å². The van der Waals surface area contributed by atoms with Crippen molar-refractivity contribution >= 4 is 11.9 Å². The Morgan fingerprint density at radius 1 is 1.50 bits per heavy atom. The summed E-state index contributed by atoms with van der Waals surface area (Å²) in [6.07, 6.45) is 3.76. The summed E-state index contributed by atoms with van der Waals surface area (Å²) >= 11 is 0. The van der Waals surface area contributed by atoms with Crippen LogP contribution in [-0.2, 0) is 16.1 Å². The second-order valence-corrected chi connectivity index (χ2v) is 6.54. The number of hydrogen-bond donors (Lipinski definition) is 1. The highest BCUT2D eigenvalue weighted by Gasteiger charge is 2.36. The summed E-state index contributed by atoms with van der Waals surface area (Å²) in [6, 6.07) is 1.93. The standard InChI is InChI=1S/C17H29N5O2/c1-5-18-17(19-9-13(2)10-22-8-6-7-20-22)21-11-14(3)15(12-21)16(23)24-4/h6-8,13-15H,5,9-12H2,1-4H3,(H,18,19). The first-order chi connectivity index (χ1) is 11.5. The molecule has 0 radical (unpaired) electrons. The van der Waals surface area contributed by atoms with E-state index in [1.54, 1.807) is 6.20 Å². The summed E-state index contributed by atoms with van der Waals surface area (Å²) in [5.74, 6) is 1.31. The number of carbonyl (C=O) groups is 1. The number of esters is 1. The van der Waals surface area contributed by atoms with Crippen LogP contribution in [0.25, 0.3) is 0 Å². The molecule has 3 atom stereocenters. The van der Waals surface area contributed by atoms with E-state index >= 15 is 0 Å². The van der Waals surface area contributed by atoms with E-state index < -0.39 is 0 Å². The van der Waals surface area contributed by atoms with Crippen molar-refractivity contribution in [3.63, 3.8) is 0 Å². The molecule has 2 rings (SSSR count). The Hall–Kier alpha value is -2.05. The molecule has 0 spiro atoms. The topological polar surface area (TPSA) is 71.8 Å². The second kappa shape index (κ2) is 8.70. The van der Waals surface area contributed by atoms with Crippen LogP contribution in [0.15, 0.2) is 23.5 Å². The molecule has 134 valence electrons. The minimum Gasteiger partial charge on any atom is -0.469 e. The van der Waals surface area contributed by atoms with Gasteiger partial charge in [-0.3, -0.25) is 14.5 Å². The van der Waals surface area contributed by atoms with Gasteiger partial charge in [0.15, 0.2) is 5.96 Å². The van der Waals surface area contributed by atoms with E-state index in [1.165, 1.54) is 7.11 Å². The Labute approximate surface area is 144 Å². The SMILES string of the molecule is CCNC(=NCC(C)Cn1cccn1)N1CC(C)C(C(=O)OC)C1. The van der Waals surface area contributed by atoms with Gasteiger partial charge in [-0.2, -0.15) is 5.10 Å². The number of methoxy groups -OCH3 is 1. The van der Waals surface area contributed by atoms with Crippen LogP contribution in [0.4, 0.5) is 0 Å². The molecule has 1 aromatic heterocycles. The van der Waals surface area contributed by atoms with E-state index in [4.69, 9.17) is 9.73 Å². The molecule has 7 nitrogen and oxygen atoms in total. The van der Waals surface area contributed by atoms with Gasteiger partial charge < -0.3 is 15.0 Å². The number of carbonyl (C=O) groups excluding carboxylic acids is 1. The number of hydrogen-bond acceptors (Lipinski definition) is 4. The number of rotatable bonds is 6. The fourth-order valence-corrected chi connectivity index (χ4v) is 3.05. The maximum Gasteiger partial charge on any atom is 0.310 e. The van der Waals surface area contributed by atoms with Gasteiger partial charge in [-0.25, -0.2) is 0 Å². The average Bonchev–Trinajstić information content (AvgIpc) is 3.20. The van der Waals surface area contributed by atoms with Crippen molar-refractivity contribution in [2.75, 3.05) is 33.3 Å². The molecule has 0 amide bonds. The zero-order valence-corrected chi connectivity index (χ0v) is 15.1. The normalized spacial score (nSPS) is 22.5. The molecule has 3 unspecified atom stereocenters. The Morgan fingerprint density at radius 3 is 2.92 bits per heavy atom. The van der Waals surface area contributed by atoms with Crippen LogP contribution in [0.1, 0.15) is 20.8 Å². The largest absolute Gasteiger partial charge is 0.469 e. The minimum atomic E-state index is -0.132. The maximum absolute atomic E-state index is 11.9. The molecule has 1 saturated heterocycles. The molecule has 0 aliphatic carbocycles. The van der Waals surface area contributed by atoms with Crippen LogP contribution in [0.2, 0.25) is 0 Å². The lowest BCUT2D eigenvalue weighted by molar-refractivity contribution is -0.145. The number of aliphatic imine (C=N–C) groups is 1. The van der Waals surface area contributed by atoms with Crippen LogP contribution in [0.3, 0.4) is 0 Å². The van der Waals surface area contributed by atoms with Crippen LogP contribution in [-0.4, -0.2) is 59.9 Å². The van der Waals surface area contributed by atoms with Crippen LogP contribution in [0.5, 0.6) is 0 Å². The van der Waals surface area contributed by atoms with Gasteiger partial charge in [0.2, 0.25) is 0 Å². The number of ether oxygens (including phenoxy) is 1. The monoisotopic (exact) mass is 335 g/mol. The predicted molar refractivity (Wildman–Crippen MR) is 93.6 cm³/mol. The van der Waals surface area contributed by atoms with Gasteiger partial charge in [0.1, 0.15) is 0 Å². The van der Waals surface area contributed by atoms with Crippen molar-refractivity contribution in [2.24, 2.45) is 22.7 Å². The van der Waals surface area contributed by atoms with Crippen molar-refractivity contribution in [1.82, 2.24) is 20.0 Å². The number of nitrogens with one attached hydrogen (secondary N) is 1. The predicted octanol–water partition coefficient (Wildman–Crippen LogP) is 1.23. The smallest absolute Gasteiger partial charge is 0.310 e.